The highest BCUT2D eigenvalue weighted by Crippen LogP contribution is 2.28. The number of nitrogen functional groups attached to an aromatic ring is 1. The van der Waals surface area contributed by atoms with Crippen LogP contribution < -0.4 is 10.5 Å². The summed E-state index contributed by atoms with van der Waals surface area (Å²) >= 11 is 0. The zero-order chi connectivity index (χ0) is 15.5. The second-order valence-electron chi connectivity index (χ2n) is 5.01. The van der Waals surface area contributed by atoms with Gasteiger partial charge in [0.25, 0.3) is 0 Å². The van der Waals surface area contributed by atoms with E-state index < -0.39 is 10.0 Å². The van der Waals surface area contributed by atoms with Crippen LogP contribution in [0, 0.1) is 33.1 Å². The Kier molecular flexibility index (Phi) is 5.21. The maximum Gasteiger partial charge on any atom is 0.241 e. The van der Waals surface area contributed by atoms with Crippen LogP contribution in [-0.2, 0) is 10.0 Å². The quantitative estimate of drug-likeness (QED) is 0.646. The number of terminal acetylenes is 1. The van der Waals surface area contributed by atoms with Crippen molar-refractivity contribution in [2.45, 2.75) is 51.5 Å². The molecular formula is C15H22N2O2S. The highest BCUT2D eigenvalue weighted by Gasteiger charge is 2.24. The number of benzene rings is 1. The summed E-state index contributed by atoms with van der Waals surface area (Å²) in [5, 5.41) is 0. The number of nitrogens with two attached hydrogens (primary N) is 1. The smallest absolute Gasteiger partial charge is 0.241 e. The minimum atomic E-state index is -3.62. The second kappa shape index (κ2) is 6.29. The van der Waals surface area contributed by atoms with E-state index in [4.69, 9.17) is 12.2 Å². The molecule has 1 atom stereocenters. The molecule has 0 aliphatic rings. The molecule has 110 valence electrons. The monoisotopic (exact) mass is 294 g/mol. The summed E-state index contributed by atoms with van der Waals surface area (Å²) in [6.07, 6.45) is 6.27. The molecule has 20 heavy (non-hydrogen) atoms. The maximum atomic E-state index is 12.5. The van der Waals surface area contributed by atoms with Crippen molar-refractivity contribution < 1.29 is 8.42 Å². The Morgan fingerprint density at radius 2 is 1.95 bits per heavy atom. The minimum Gasteiger partial charge on any atom is -0.398 e. The molecule has 0 aromatic heterocycles. The van der Waals surface area contributed by atoms with Gasteiger partial charge in [0, 0.05) is 18.2 Å². The molecule has 4 nitrogen and oxygen atoms in total. The van der Waals surface area contributed by atoms with Gasteiger partial charge in [0.15, 0.2) is 0 Å². The van der Waals surface area contributed by atoms with Crippen LogP contribution in [-0.4, -0.2) is 14.5 Å². The average molecular weight is 294 g/mol. The molecule has 0 amide bonds. The zero-order valence-corrected chi connectivity index (χ0v) is 13.3. The Labute approximate surface area is 121 Å². The molecule has 0 spiro atoms. The number of aryl methyl sites for hydroxylation is 2. The van der Waals surface area contributed by atoms with Crippen molar-refractivity contribution in [3.63, 3.8) is 0 Å². The topological polar surface area (TPSA) is 72.2 Å². The molecule has 0 saturated carbocycles. The average Bonchev–Trinajstić information content (AvgIpc) is 2.34. The van der Waals surface area contributed by atoms with Crippen LogP contribution in [0.15, 0.2) is 11.0 Å². The van der Waals surface area contributed by atoms with Gasteiger partial charge in [-0.2, -0.15) is 0 Å². The van der Waals surface area contributed by atoms with E-state index in [-0.39, 0.29) is 10.9 Å². The van der Waals surface area contributed by atoms with E-state index in [1.807, 2.05) is 13.8 Å². The van der Waals surface area contributed by atoms with Crippen molar-refractivity contribution >= 4 is 15.7 Å². The molecule has 1 aromatic carbocycles. The fourth-order valence-corrected chi connectivity index (χ4v) is 4.09. The summed E-state index contributed by atoms with van der Waals surface area (Å²) in [7, 11) is -3.62. The Morgan fingerprint density at radius 3 is 2.45 bits per heavy atom. The van der Waals surface area contributed by atoms with E-state index in [9.17, 15) is 8.42 Å². The van der Waals surface area contributed by atoms with Crippen LogP contribution in [0.5, 0.6) is 0 Å². The van der Waals surface area contributed by atoms with Crippen molar-refractivity contribution in [1.29, 1.82) is 0 Å². The number of rotatable bonds is 5. The van der Waals surface area contributed by atoms with Crippen molar-refractivity contribution in [3.05, 3.63) is 22.8 Å². The van der Waals surface area contributed by atoms with Gasteiger partial charge in [-0.15, -0.1) is 12.3 Å². The SMILES string of the molecule is C#CCC(CC)NS(=O)(=O)c1c(C)cc(C)c(N)c1C. The molecular weight excluding hydrogens is 272 g/mol. The molecule has 0 heterocycles. The van der Waals surface area contributed by atoms with Crippen LogP contribution in [0.2, 0.25) is 0 Å². The molecule has 0 aliphatic carbocycles. The molecule has 0 saturated heterocycles. The lowest BCUT2D eigenvalue weighted by atomic mass is 10.1. The highest BCUT2D eigenvalue weighted by atomic mass is 32.2. The molecule has 3 N–H and O–H groups in total. The van der Waals surface area contributed by atoms with Crippen molar-refractivity contribution in [2.24, 2.45) is 0 Å². The third-order valence-corrected chi connectivity index (χ3v) is 5.22. The van der Waals surface area contributed by atoms with E-state index in [1.165, 1.54) is 0 Å². The Balaban J connectivity index is 3.30. The minimum absolute atomic E-state index is 0.258. The first-order valence-corrected chi connectivity index (χ1v) is 8.05. The van der Waals surface area contributed by atoms with Gasteiger partial charge in [0.05, 0.1) is 4.90 Å². The van der Waals surface area contributed by atoms with Crippen LogP contribution in [0.3, 0.4) is 0 Å². The number of sulfonamides is 1. The molecule has 0 radical (unpaired) electrons. The van der Waals surface area contributed by atoms with Crippen LogP contribution in [0.25, 0.3) is 0 Å². The van der Waals surface area contributed by atoms with Crippen molar-refractivity contribution in [3.8, 4) is 12.3 Å². The summed E-state index contributed by atoms with van der Waals surface area (Å²) in [5.74, 6) is 2.49. The van der Waals surface area contributed by atoms with Gasteiger partial charge in [0.1, 0.15) is 0 Å². The van der Waals surface area contributed by atoms with E-state index in [2.05, 4.69) is 10.6 Å². The highest BCUT2D eigenvalue weighted by molar-refractivity contribution is 7.89. The van der Waals surface area contributed by atoms with Crippen LogP contribution in [0.4, 0.5) is 5.69 Å². The van der Waals surface area contributed by atoms with E-state index in [1.54, 1.807) is 19.9 Å². The lowest BCUT2D eigenvalue weighted by molar-refractivity contribution is 0.543. The standard InChI is InChI=1S/C15H22N2O2S/c1-6-8-13(7-2)17-20(18,19)15-11(4)9-10(3)14(16)12(15)5/h1,9,13,17H,7-8,16H2,2-5H3. The second-order valence-corrected chi connectivity index (χ2v) is 6.66. The fraction of sp³-hybridized carbons (Fsp3) is 0.467. The van der Waals surface area contributed by atoms with Gasteiger partial charge < -0.3 is 5.73 Å². The largest absolute Gasteiger partial charge is 0.398 e. The van der Waals surface area contributed by atoms with Gasteiger partial charge in [0.2, 0.25) is 10.0 Å². The number of hydrogen-bond donors (Lipinski definition) is 2. The zero-order valence-electron chi connectivity index (χ0n) is 12.4. The van der Waals surface area contributed by atoms with Crippen molar-refractivity contribution in [2.75, 3.05) is 5.73 Å². The predicted molar refractivity (Wildman–Crippen MR) is 82.9 cm³/mol. The lowest BCUT2D eigenvalue weighted by Crippen LogP contribution is -2.35. The number of hydrogen-bond acceptors (Lipinski definition) is 3. The Morgan fingerprint density at radius 1 is 1.35 bits per heavy atom. The predicted octanol–water partition coefficient (Wildman–Crippen LogP) is 2.27. The molecule has 0 aliphatic heterocycles. The summed E-state index contributed by atoms with van der Waals surface area (Å²) in [4.78, 5) is 0.260. The molecule has 0 bridgehead atoms. The van der Waals surface area contributed by atoms with Crippen molar-refractivity contribution in [1.82, 2.24) is 4.72 Å². The number of anilines is 1. The fourth-order valence-electron chi connectivity index (χ4n) is 2.29. The molecule has 1 rings (SSSR count). The Bertz CT molecular complexity index is 643. The van der Waals surface area contributed by atoms with Gasteiger partial charge in [-0.25, -0.2) is 13.1 Å². The summed E-state index contributed by atoms with van der Waals surface area (Å²) in [5.41, 5.74) is 8.62. The molecule has 0 fully saturated rings. The van der Waals surface area contributed by atoms with E-state index in [0.717, 1.165) is 5.56 Å². The molecule has 5 heteroatoms. The van der Waals surface area contributed by atoms with Gasteiger partial charge in [-0.1, -0.05) is 13.0 Å². The Hall–Kier alpha value is -1.51. The third-order valence-electron chi connectivity index (χ3n) is 3.41. The third kappa shape index (κ3) is 3.33. The van der Waals surface area contributed by atoms with Crippen LogP contribution >= 0.6 is 0 Å². The summed E-state index contributed by atoms with van der Waals surface area (Å²) in [6.45, 7) is 7.27. The van der Waals surface area contributed by atoms with Gasteiger partial charge in [-0.05, 0) is 43.9 Å². The first kappa shape index (κ1) is 16.5. The summed E-state index contributed by atoms with van der Waals surface area (Å²) in [6, 6.07) is 1.53. The number of nitrogens with one attached hydrogen (secondary N) is 1. The van der Waals surface area contributed by atoms with E-state index >= 15 is 0 Å². The van der Waals surface area contributed by atoms with E-state index in [0.29, 0.717) is 29.7 Å². The van der Waals surface area contributed by atoms with Gasteiger partial charge in [-0.3, -0.25) is 0 Å². The lowest BCUT2D eigenvalue weighted by Gasteiger charge is -2.19. The van der Waals surface area contributed by atoms with Gasteiger partial charge >= 0.3 is 0 Å². The normalized spacial score (nSPS) is 12.9. The first-order chi connectivity index (χ1) is 9.24. The molecule has 1 aromatic rings. The summed E-state index contributed by atoms with van der Waals surface area (Å²) < 4.78 is 27.8. The maximum absolute atomic E-state index is 12.5. The van der Waals surface area contributed by atoms with Crippen LogP contribution in [0.1, 0.15) is 36.5 Å². The molecule has 1 unspecified atom stereocenters. The first-order valence-electron chi connectivity index (χ1n) is 6.56.